The van der Waals surface area contributed by atoms with E-state index in [4.69, 9.17) is 21.1 Å². The summed E-state index contributed by atoms with van der Waals surface area (Å²) in [7, 11) is 1.52. The van der Waals surface area contributed by atoms with Crippen molar-refractivity contribution in [3.8, 4) is 11.6 Å². The molecule has 20 heavy (non-hydrogen) atoms. The second-order valence-electron chi connectivity index (χ2n) is 3.83. The number of hydrogen-bond donors (Lipinski definition) is 0. The molecule has 0 atom stereocenters. The number of hydrogen-bond acceptors (Lipinski definition) is 5. The van der Waals surface area contributed by atoms with Gasteiger partial charge in [0.25, 0.3) is 5.69 Å². The largest absolute Gasteiger partial charge is 0.489 e. The fourth-order valence-corrected chi connectivity index (χ4v) is 1.84. The number of nitro groups is 1. The van der Waals surface area contributed by atoms with Gasteiger partial charge in [0, 0.05) is 18.3 Å². The van der Waals surface area contributed by atoms with E-state index in [1.54, 1.807) is 12.3 Å². The molecule has 0 amide bonds. The second-order valence-corrected chi connectivity index (χ2v) is 4.24. The maximum absolute atomic E-state index is 10.7. The van der Waals surface area contributed by atoms with Crippen LogP contribution in [0.5, 0.6) is 11.6 Å². The Morgan fingerprint density at radius 2 is 2.20 bits per heavy atom. The van der Waals surface area contributed by atoms with Crippen molar-refractivity contribution in [1.82, 2.24) is 4.98 Å². The topological polar surface area (TPSA) is 74.5 Å². The summed E-state index contributed by atoms with van der Waals surface area (Å²) in [5.41, 5.74) is 0.613. The molecule has 0 radical (unpaired) electrons. The summed E-state index contributed by atoms with van der Waals surface area (Å²) in [5, 5.41) is 10.7. The SMILES string of the molecule is COc1ncccc1COc1ccc([N+](=O)[O-])c(Cl)c1. The van der Waals surface area contributed by atoms with E-state index < -0.39 is 4.92 Å². The summed E-state index contributed by atoms with van der Waals surface area (Å²) in [6.07, 6.45) is 1.62. The lowest BCUT2D eigenvalue weighted by Gasteiger charge is -2.09. The first-order chi connectivity index (χ1) is 9.61. The number of aromatic nitrogens is 1. The zero-order valence-corrected chi connectivity index (χ0v) is 11.3. The highest BCUT2D eigenvalue weighted by Crippen LogP contribution is 2.29. The first-order valence-corrected chi connectivity index (χ1v) is 6.04. The van der Waals surface area contributed by atoms with Gasteiger partial charge in [-0.2, -0.15) is 0 Å². The maximum Gasteiger partial charge on any atom is 0.288 e. The van der Waals surface area contributed by atoms with Crippen LogP contribution in [0.2, 0.25) is 5.02 Å². The smallest absolute Gasteiger partial charge is 0.288 e. The van der Waals surface area contributed by atoms with Crippen LogP contribution in [0.15, 0.2) is 36.5 Å². The number of halogens is 1. The Morgan fingerprint density at radius 3 is 2.85 bits per heavy atom. The lowest BCUT2D eigenvalue weighted by atomic mass is 10.3. The van der Waals surface area contributed by atoms with Gasteiger partial charge in [-0.25, -0.2) is 4.98 Å². The minimum atomic E-state index is -0.545. The molecule has 1 aromatic carbocycles. The van der Waals surface area contributed by atoms with Gasteiger partial charge >= 0.3 is 0 Å². The zero-order chi connectivity index (χ0) is 14.5. The van der Waals surface area contributed by atoms with E-state index in [1.165, 1.54) is 25.3 Å². The molecule has 2 rings (SSSR count). The van der Waals surface area contributed by atoms with E-state index in [0.29, 0.717) is 11.6 Å². The Hall–Kier alpha value is -2.34. The third-order valence-electron chi connectivity index (χ3n) is 2.55. The van der Waals surface area contributed by atoms with Gasteiger partial charge in [0.05, 0.1) is 17.6 Å². The van der Waals surface area contributed by atoms with Crippen LogP contribution in [0.3, 0.4) is 0 Å². The molecule has 0 aliphatic carbocycles. The van der Waals surface area contributed by atoms with Crippen LogP contribution in [0.25, 0.3) is 0 Å². The number of nitro benzene ring substituents is 1. The molecule has 0 bridgehead atoms. The first kappa shape index (κ1) is 14.1. The molecule has 0 fully saturated rings. The summed E-state index contributed by atoms with van der Waals surface area (Å²) < 4.78 is 10.6. The molecule has 0 unspecified atom stereocenters. The standard InChI is InChI=1S/C13H11ClN2O4/c1-19-13-9(3-2-6-15-13)8-20-10-4-5-12(16(17)18)11(14)7-10/h2-7H,8H2,1H3. The van der Waals surface area contributed by atoms with Crippen molar-refractivity contribution in [2.45, 2.75) is 6.61 Å². The third-order valence-corrected chi connectivity index (χ3v) is 2.86. The lowest BCUT2D eigenvalue weighted by Crippen LogP contribution is -2.00. The van der Waals surface area contributed by atoms with Crippen molar-refractivity contribution in [2.75, 3.05) is 7.11 Å². The van der Waals surface area contributed by atoms with Crippen LogP contribution in [0.4, 0.5) is 5.69 Å². The summed E-state index contributed by atoms with van der Waals surface area (Å²) in [5.74, 6) is 0.909. The highest BCUT2D eigenvalue weighted by Gasteiger charge is 2.13. The van der Waals surface area contributed by atoms with E-state index in [0.717, 1.165) is 5.56 Å². The Labute approximate surface area is 120 Å². The molecule has 0 aliphatic rings. The summed E-state index contributed by atoms with van der Waals surface area (Å²) in [6.45, 7) is 0.227. The minimum Gasteiger partial charge on any atom is -0.489 e. The molecule has 104 valence electrons. The van der Waals surface area contributed by atoms with E-state index in [9.17, 15) is 10.1 Å². The van der Waals surface area contributed by atoms with Gasteiger partial charge in [0.15, 0.2) is 0 Å². The molecule has 0 N–H and O–H groups in total. The highest BCUT2D eigenvalue weighted by molar-refractivity contribution is 6.32. The zero-order valence-electron chi connectivity index (χ0n) is 10.6. The summed E-state index contributed by atoms with van der Waals surface area (Å²) in [6, 6.07) is 7.79. The number of methoxy groups -OCH3 is 1. The monoisotopic (exact) mass is 294 g/mol. The Balaban J connectivity index is 2.11. The maximum atomic E-state index is 10.7. The molecular formula is C13H11ClN2O4. The van der Waals surface area contributed by atoms with Gasteiger partial charge in [-0.3, -0.25) is 10.1 Å². The molecule has 1 aromatic heterocycles. The van der Waals surface area contributed by atoms with Crippen LogP contribution >= 0.6 is 11.6 Å². The summed E-state index contributed by atoms with van der Waals surface area (Å²) in [4.78, 5) is 14.2. The fraction of sp³-hybridized carbons (Fsp3) is 0.154. The van der Waals surface area contributed by atoms with Crippen molar-refractivity contribution < 1.29 is 14.4 Å². The molecule has 0 spiro atoms. The average molecular weight is 295 g/mol. The molecular weight excluding hydrogens is 284 g/mol. The third kappa shape index (κ3) is 3.16. The van der Waals surface area contributed by atoms with Gasteiger partial charge in [0.1, 0.15) is 17.4 Å². The summed E-state index contributed by atoms with van der Waals surface area (Å²) >= 11 is 5.81. The van der Waals surface area contributed by atoms with Gasteiger partial charge in [-0.15, -0.1) is 0 Å². The van der Waals surface area contributed by atoms with Crippen LogP contribution in [-0.4, -0.2) is 17.0 Å². The van der Waals surface area contributed by atoms with E-state index in [2.05, 4.69) is 4.98 Å². The molecule has 0 saturated carbocycles. The van der Waals surface area contributed by atoms with Crippen LogP contribution < -0.4 is 9.47 Å². The number of ether oxygens (including phenoxy) is 2. The van der Waals surface area contributed by atoms with E-state index in [-0.39, 0.29) is 17.3 Å². The highest BCUT2D eigenvalue weighted by atomic mass is 35.5. The van der Waals surface area contributed by atoms with Crippen LogP contribution in [0.1, 0.15) is 5.56 Å². The Morgan fingerprint density at radius 1 is 1.40 bits per heavy atom. The molecule has 7 heteroatoms. The van der Waals surface area contributed by atoms with Crippen molar-refractivity contribution in [3.63, 3.8) is 0 Å². The van der Waals surface area contributed by atoms with Gasteiger partial charge < -0.3 is 9.47 Å². The first-order valence-electron chi connectivity index (χ1n) is 5.66. The predicted molar refractivity (Wildman–Crippen MR) is 73.2 cm³/mol. The van der Waals surface area contributed by atoms with Crippen molar-refractivity contribution in [1.29, 1.82) is 0 Å². The lowest BCUT2D eigenvalue weighted by molar-refractivity contribution is -0.384. The number of rotatable bonds is 5. The van der Waals surface area contributed by atoms with Crippen LogP contribution in [-0.2, 0) is 6.61 Å². The van der Waals surface area contributed by atoms with Crippen molar-refractivity contribution >= 4 is 17.3 Å². The number of pyridine rings is 1. The quantitative estimate of drug-likeness (QED) is 0.625. The average Bonchev–Trinajstić information content (AvgIpc) is 2.45. The number of benzene rings is 1. The van der Waals surface area contributed by atoms with Crippen molar-refractivity contribution in [3.05, 3.63) is 57.2 Å². The molecule has 0 saturated heterocycles. The Bertz CT molecular complexity index is 634. The number of nitrogens with zero attached hydrogens (tertiary/aromatic N) is 2. The minimum absolute atomic E-state index is 0.0330. The van der Waals surface area contributed by atoms with Gasteiger partial charge in [-0.1, -0.05) is 11.6 Å². The molecule has 0 aliphatic heterocycles. The van der Waals surface area contributed by atoms with E-state index in [1.807, 2.05) is 6.07 Å². The van der Waals surface area contributed by atoms with Gasteiger partial charge in [0.2, 0.25) is 5.88 Å². The molecule has 1 heterocycles. The Kier molecular flexibility index (Phi) is 4.37. The van der Waals surface area contributed by atoms with E-state index >= 15 is 0 Å². The van der Waals surface area contributed by atoms with Gasteiger partial charge in [-0.05, 0) is 18.2 Å². The second kappa shape index (κ2) is 6.21. The predicted octanol–water partition coefficient (Wildman–Crippen LogP) is 3.23. The fourth-order valence-electron chi connectivity index (χ4n) is 1.60. The molecule has 2 aromatic rings. The van der Waals surface area contributed by atoms with Crippen molar-refractivity contribution in [2.24, 2.45) is 0 Å². The molecule has 6 nitrogen and oxygen atoms in total. The van der Waals surface area contributed by atoms with Crippen LogP contribution in [0, 0.1) is 10.1 Å². The normalized spacial score (nSPS) is 10.1.